The van der Waals surface area contributed by atoms with E-state index in [0.29, 0.717) is 43.1 Å². The van der Waals surface area contributed by atoms with Gasteiger partial charge >= 0.3 is 0 Å². The van der Waals surface area contributed by atoms with Gasteiger partial charge in [0.15, 0.2) is 0 Å². The highest BCUT2D eigenvalue weighted by molar-refractivity contribution is 8.00. The molecule has 2 aliphatic carbocycles. The summed E-state index contributed by atoms with van der Waals surface area (Å²) in [6.07, 6.45) is 11.7. The van der Waals surface area contributed by atoms with Gasteiger partial charge in [-0.25, -0.2) is 0 Å². The zero-order chi connectivity index (χ0) is 41.5. The number of hydrogen-bond donors (Lipinski definition) is 2. The van der Waals surface area contributed by atoms with Gasteiger partial charge in [0, 0.05) is 48.5 Å². The highest BCUT2D eigenvalue weighted by atomic mass is 32.2. The van der Waals surface area contributed by atoms with E-state index < -0.39 is 17.0 Å². The Morgan fingerprint density at radius 3 is 2.53 bits per heavy atom. The quantitative estimate of drug-likeness (QED) is 0.0430. The number of nitro benzene ring substituents is 1. The maximum atomic E-state index is 11.6. The minimum Gasteiger partial charge on any atom is -0.460 e. The fourth-order valence-electron chi connectivity index (χ4n) is 9.61. The summed E-state index contributed by atoms with van der Waals surface area (Å²) in [6.45, 7) is 5.17. The summed E-state index contributed by atoms with van der Waals surface area (Å²) in [5.74, 6) is 0.123. The molecule has 2 fully saturated rings. The van der Waals surface area contributed by atoms with E-state index in [2.05, 4.69) is 49.1 Å². The minimum absolute atomic E-state index is 0.0560. The molecular weight excluding hydrogens is 781 g/mol. The van der Waals surface area contributed by atoms with E-state index in [-0.39, 0.29) is 54.4 Å². The van der Waals surface area contributed by atoms with Crippen molar-refractivity contribution >= 4 is 33.9 Å². The third kappa shape index (κ3) is 8.99. The van der Waals surface area contributed by atoms with Gasteiger partial charge in [-0.05, 0) is 103 Å². The van der Waals surface area contributed by atoms with E-state index in [1.807, 2.05) is 24.3 Å². The Morgan fingerprint density at radius 1 is 0.933 bits per heavy atom. The molecule has 4 aliphatic rings. The minimum atomic E-state index is -1.16. The summed E-state index contributed by atoms with van der Waals surface area (Å²) >= 11 is 1.72. The van der Waals surface area contributed by atoms with E-state index in [1.165, 1.54) is 12.1 Å². The summed E-state index contributed by atoms with van der Waals surface area (Å²) < 4.78 is 26.8. The number of ether oxygens (including phenoxy) is 4. The van der Waals surface area contributed by atoms with Gasteiger partial charge in [-0.15, -0.1) is 18.3 Å². The van der Waals surface area contributed by atoms with Crippen molar-refractivity contribution < 1.29 is 38.9 Å². The van der Waals surface area contributed by atoms with Crippen molar-refractivity contribution in [1.82, 2.24) is 0 Å². The second-order valence-corrected chi connectivity index (χ2v) is 17.4. The van der Waals surface area contributed by atoms with Gasteiger partial charge in [-0.2, -0.15) is 0 Å². The molecule has 2 aliphatic heterocycles. The average Bonchev–Trinajstić information content (AvgIpc) is 3.27. The van der Waals surface area contributed by atoms with Crippen molar-refractivity contribution in [2.45, 2.75) is 92.3 Å². The number of hydrogen-bond acceptors (Lipinski definition) is 11. The first-order valence-corrected chi connectivity index (χ1v) is 22.2. The van der Waals surface area contributed by atoms with Gasteiger partial charge in [0.25, 0.3) is 5.69 Å². The van der Waals surface area contributed by atoms with Gasteiger partial charge in [-0.1, -0.05) is 66.5 Å². The number of non-ortho nitro benzene ring substituents is 1. The van der Waals surface area contributed by atoms with Crippen LogP contribution in [0.5, 0.6) is 17.2 Å². The van der Waals surface area contributed by atoms with Crippen LogP contribution >= 0.6 is 11.8 Å². The van der Waals surface area contributed by atoms with Crippen molar-refractivity contribution in [3.8, 4) is 17.2 Å². The Morgan fingerprint density at radius 2 is 1.75 bits per heavy atom. The molecule has 0 bridgehead atoms. The van der Waals surface area contributed by atoms with Crippen LogP contribution in [0.1, 0.15) is 75.7 Å². The molecule has 60 heavy (non-hydrogen) atoms. The third-order valence-electron chi connectivity index (χ3n) is 12.3. The van der Waals surface area contributed by atoms with Gasteiger partial charge in [0.1, 0.15) is 17.2 Å². The number of aliphatic hydroxyl groups is 2. The summed E-state index contributed by atoms with van der Waals surface area (Å²) in [4.78, 5) is 18.6. The number of fused-ring (bicyclic) bond motifs is 3. The fraction of sp³-hybridized carbons (Fsp3) is 0.438. The molecule has 1 saturated heterocycles. The topological polar surface area (TPSA) is 142 Å². The number of benzene rings is 4. The normalized spacial score (nSPS) is 26.4. The average molecular weight is 835 g/mol. The molecule has 12 heteroatoms. The summed E-state index contributed by atoms with van der Waals surface area (Å²) in [6, 6.07) is 26.9. The number of oxime groups is 1. The van der Waals surface area contributed by atoms with Crippen LogP contribution in [0.3, 0.4) is 0 Å². The Bertz CT molecular complexity index is 2210. The molecule has 316 valence electrons. The summed E-state index contributed by atoms with van der Waals surface area (Å²) in [7, 11) is 0. The van der Waals surface area contributed by atoms with Crippen molar-refractivity contribution in [2.24, 2.45) is 22.9 Å². The predicted molar refractivity (Wildman–Crippen MR) is 233 cm³/mol. The van der Waals surface area contributed by atoms with Gasteiger partial charge < -0.3 is 34.0 Å². The lowest BCUT2D eigenvalue weighted by Crippen LogP contribution is -2.64. The number of rotatable bonds is 18. The number of nitrogens with zero attached hydrogens (tertiary/aromatic N) is 2. The molecule has 7 atom stereocenters. The van der Waals surface area contributed by atoms with E-state index in [9.17, 15) is 20.3 Å². The van der Waals surface area contributed by atoms with Crippen LogP contribution in [0.25, 0.3) is 10.8 Å². The molecule has 2 N–H and O–H groups in total. The van der Waals surface area contributed by atoms with Crippen LogP contribution in [-0.4, -0.2) is 64.6 Å². The van der Waals surface area contributed by atoms with Crippen LogP contribution in [0, 0.1) is 27.9 Å². The Labute approximate surface area is 355 Å². The maximum Gasteiger partial charge on any atom is 0.273 e. The molecule has 1 saturated carbocycles. The number of allylic oxidation sites excluding steroid dienone is 1. The third-order valence-corrected chi connectivity index (χ3v) is 13.6. The summed E-state index contributed by atoms with van der Waals surface area (Å²) in [5, 5.41) is 38.5. The first kappa shape index (κ1) is 42.0. The lowest BCUT2D eigenvalue weighted by molar-refractivity contribution is -0.384. The van der Waals surface area contributed by atoms with Crippen LogP contribution in [-0.2, 0) is 14.3 Å². The zero-order valence-electron chi connectivity index (χ0n) is 33.9. The van der Waals surface area contributed by atoms with E-state index >= 15 is 0 Å². The van der Waals surface area contributed by atoms with Gasteiger partial charge in [-0.3, -0.25) is 10.1 Å². The maximum absolute atomic E-state index is 11.6. The number of unbranched alkanes of at least 4 members (excludes halogenated alkanes) is 2. The first-order valence-electron chi connectivity index (χ1n) is 21.3. The molecule has 8 rings (SSSR count). The molecule has 0 radical (unpaired) electrons. The fourth-order valence-corrected chi connectivity index (χ4v) is 10.9. The van der Waals surface area contributed by atoms with Crippen LogP contribution < -0.4 is 9.47 Å². The van der Waals surface area contributed by atoms with Crippen molar-refractivity contribution in [3.05, 3.63) is 125 Å². The van der Waals surface area contributed by atoms with Crippen molar-refractivity contribution in [2.75, 3.05) is 26.4 Å². The second-order valence-electron chi connectivity index (χ2n) is 16.1. The lowest BCUT2D eigenvalue weighted by Gasteiger charge is -2.58. The lowest BCUT2D eigenvalue weighted by atomic mass is 9.56. The first-order chi connectivity index (χ1) is 29.4. The van der Waals surface area contributed by atoms with E-state index in [0.717, 1.165) is 77.5 Å². The Hall–Kier alpha value is -4.72. The highest BCUT2D eigenvalue weighted by Gasteiger charge is 2.64. The molecule has 2 heterocycles. The summed E-state index contributed by atoms with van der Waals surface area (Å²) in [5.41, 5.74) is 2.77. The molecule has 11 nitrogen and oxygen atoms in total. The standard InChI is InChI=1S/C48H54N2O9S/c1-2-25-56-48-44(60-38-21-19-32-12-3-4-13-33(32)27-38)31-42(49-59-45-18-7-10-26-55-45)40-28-34(14-5-8-23-51)39(17-6-9-24-52)46(47(40)48)41-30-37(20-22-43(41)58-48)57-36-16-11-15-35(29-36)50(53)54/h2-4,11-13,15-16,19-22,27-30,34,39,44-47,51-52H,1,5-10,14,17-18,23-26,31H2/t34-,39+,44-,45?,46+,47+,48+/m0/s1. The van der Waals surface area contributed by atoms with E-state index in [4.69, 9.17) is 28.9 Å². The number of nitro groups is 1. The molecule has 0 aromatic heterocycles. The second kappa shape index (κ2) is 19.3. The molecule has 0 spiro atoms. The molecule has 0 amide bonds. The number of thioether (sulfide) groups is 1. The molecule has 1 unspecified atom stereocenters. The van der Waals surface area contributed by atoms with E-state index in [1.54, 1.807) is 30.0 Å². The van der Waals surface area contributed by atoms with Gasteiger partial charge in [0.05, 0.1) is 41.1 Å². The van der Waals surface area contributed by atoms with Crippen molar-refractivity contribution in [3.63, 3.8) is 0 Å². The Kier molecular flexibility index (Phi) is 13.5. The highest BCUT2D eigenvalue weighted by Crippen LogP contribution is 2.63. The van der Waals surface area contributed by atoms with Crippen LogP contribution in [0.15, 0.2) is 119 Å². The van der Waals surface area contributed by atoms with Crippen molar-refractivity contribution in [1.29, 1.82) is 0 Å². The van der Waals surface area contributed by atoms with Crippen LogP contribution in [0.4, 0.5) is 5.69 Å². The monoisotopic (exact) mass is 834 g/mol. The largest absolute Gasteiger partial charge is 0.460 e. The molecule has 4 aromatic carbocycles. The van der Waals surface area contributed by atoms with Gasteiger partial charge in [0.2, 0.25) is 12.1 Å². The predicted octanol–water partition coefficient (Wildman–Crippen LogP) is 10.5. The smallest absolute Gasteiger partial charge is 0.273 e. The zero-order valence-corrected chi connectivity index (χ0v) is 34.7. The molecular formula is C48H54N2O9S. The Balaban J connectivity index is 1.30. The molecule has 4 aromatic rings. The number of aliphatic hydroxyl groups excluding tert-OH is 2. The SMILES string of the molecule is C=CCO[C@@]12Oc3ccc(Oc4cccc([N+](=O)[O-])c4)cc3[C@H]3[C@H](CCCCO)[C@@H](CCCCO)C=C(C(=NOC4CCCCO4)C[C@@H]1Sc1ccc4ccccc4c1)[C@H]32. The van der Waals surface area contributed by atoms with Crippen LogP contribution in [0.2, 0.25) is 0 Å².